The first kappa shape index (κ1) is 3.46. The topological polar surface area (TPSA) is 24.1 Å². The van der Waals surface area contributed by atoms with Gasteiger partial charge in [0.1, 0.15) is 0 Å². The van der Waals surface area contributed by atoms with Gasteiger partial charge >= 0.3 is 0 Å². The molecule has 0 bridgehead atoms. The fourth-order valence-corrected chi connectivity index (χ4v) is 0.625. The Kier molecular flexibility index (Phi) is 1.14. The molecule has 1 radical (unpaired) electrons. The highest BCUT2D eigenvalue weighted by molar-refractivity contribution is 7.99. The first-order valence-corrected chi connectivity index (χ1v) is 2.33. The Labute approximate surface area is 35.4 Å². The molecule has 1 fully saturated rings. The van der Waals surface area contributed by atoms with Crippen molar-refractivity contribution in [1.82, 2.24) is 10.3 Å². The second kappa shape index (κ2) is 1.64. The zero-order valence-corrected chi connectivity index (χ0v) is 3.51. The Morgan fingerprint density at radius 1 is 1.80 bits per heavy atom. The molecule has 29 valence electrons. The molecular formula is C2H5N2S. The lowest BCUT2D eigenvalue weighted by Crippen LogP contribution is -2.16. The van der Waals surface area contributed by atoms with E-state index >= 15 is 0 Å². The Hall–Kier alpha value is 0.270. The van der Waals surface area contributed by atoms with Crippen molar-refractivity contribution in [2.75, 3.05) is 6.54 Å². The van der Waals surface area contributed by atoms with E-state index in [2.05, 4.69) is 16.0 Å². The van der Waals surface area contributed by atoms with Crippen molar-refractivity contribution in [1.29, 1.82) is 0 Å². The Morgan fingerprint density at radius 3 is 3.00 bits per heavy atom. The molecule has 2 N–H and O–H groups in total. The SMILES string of the molecule is [CH]1CNNS1. The van der Waals surface area contributed by atoms with E-state index in [1.54, 1.807) is 11.9 Å². The maximum atomic E-state index is 2.88. The first-order chi connectivity index (χ1) is 2.50. The summed E-state index contributed by atoms with van der Waals surface area (Å²) in [7, 11) is 0. The van der Waals surface area contributed by atoms with Gasteiger partial charge in [0.15, 0.2) is 0 Å². The van der Waals surface area contributed by atoms with Gasteiger partial charge in [0.2, 0.25) is 0 Å². The summed E-state index contributed by atoms with van der Waals surface area (Å²) in [5.74, 6) is 2.06. The van der Waals surface area contributed by atoms with Gasteiger partial charge in [-0.05, 0) is 0 Å². The third kappa shape index (κ3) is 0.792. The van der Waals surface area contributed by atoms with Crippen LogP contribution in [-0.4, -0.2) is 6.54 Å². The maximum absolute atomic E-state index is 2.88. The van der Waals surface area contributed by atoms with Crippen LogP contribution in [0, 0.1) is 5.75 Å². The van der Waals surface area contributed by atoms with Gasteiger partial charge in [-0.2, -0.15) is 0 Å². The number of nitrogens with one attached hydrogen (secondary N) is 2. The summed E-state index contributed by atoms with van der Waals surface area (Å²) in [6, 6.07) is 0. The smallest absolute Gasteiger partial charge is 0.0488 e. The lowest BCUT2D eigenvalue weighted by Gasteiger charge is -1.79. The molecule has 1 aliphatic rings. The van der Waals surface area contributed by atoms with Crippen LogP contribution in [0.4, 0.5) is 0 Å². The van der Waals surface area contributed by atoms with Crippen LogP contribution in [0.1, 0.15) is 0 Å². The highest BCUT2D eigenvalue weighted by Crippen LogP contribution is 1.99. The fraction of sp³-hybridized carbons (Fsp3) is 0.500. The molecule has 0 spiro atoms. The van der Waals surface area contributed by atoms with Gasteiger partial charge in [-0.3, -0.25) is 0 Å². The molecule has 0 saturated carbocycles. The standard InChI is InChI=1S/C2H5N2S/c1-2-5-4-3-1/h2-4H,1H2. The van der Waals surface area contributed by atoms with Crippen LogP contribution in [0.3, 0.4) is 0 Å². The molecule has 3 heteroatoms. The Balaban J connectivity index is 2.08. The molecule has 0 aliphatic carbocycles. The van der Waals surface area contributed by atoms with Crippen LogP contribution in [0.2, 0.25) is 0 Å². The lowest BCUT2D eigenvalue weighted by atomic mass is 10.8. The second-order valence-electron chi connectivity index (χ2n) is 0.767. The van der Waals surface area contributed by atoms with Crippen molar-refractivity contribution in [3.05, 3.63) is 5.75 Å². The number of hydrogen-bond donors (Lipinski definition) is 2. The third-order valence-corrected chi connectivity index (χ3v) is 0.995. The van der Waals surface area contributed by atoms with Gasteiger partial charge in [0.25, 0.3) is 0 Å². The molecular weight excluding hydrogens is 84.1 g/mol. The number of hydrogen-bond acceptors (Lipinski definition) is 3. The molecule has 1 heterocycles. The van der Waals surface area contributed by atoms with Gasteiger partial charge in [-0.25, -0.2) is 10.3 Å². The summed E-state index contributed by atoms with van der Waals surface area (Å²) in [6.07, 6.45) is 0. The summed E-state index contributed by atoms with van der Waals surface area (Å²) in [4.78, 5) is 2.83. The largest absolute Gasteiger partial charge is 0.247 e. The van der Waals surface area contributed by atoms with E-state index in [1.165, 1.54) is 0 Å². The Bertz CT molecular complexity index is 19.2. The average molecular weight is 89.1 g/mol. The molecule has 0 aromatic carbocycles. The molecule has 1 rings (SSSR count). The van der Waals surface area contributed by atoms with E-state index in [-0.39, 0.29) is 0 Å². The van der Waals surface area contributed by atoms with E-state index in [0.29, 0.717) is 0 Å². The van der Waals surface area contributed by atoms with Crippen LogP contribution < -0.4 is 10.3 Å². The predicted molar refractivity (Wildman–Crippen MR) is 23.0 cm³/mol. The maximum Gasteiger partial charge on any atom is 0.0488 e. The average Bonchev–Trinajstić information content (AvgIpc) is 1.76. The summed E-state index contributed by atoms with van der Waals surface area (Å²) in [6.45, 7) is 0.977. The minimum atomic E-state index is 0.977. The van der Waals surface area contributed by atoms with Gasteiger partial charge in [0, 0.05) is 12.3 Å². The predicted octanol–water partition coefficient (Wildman–Crippen LogP) is -0.0958. The van der Waals surface area contributed by atoms with Crippen molar-refractivity contribution >= 4 is 11.9 Å². The molecule has 1 saturated heterocycles. The molecule has 0 amide bonds. The van der Waals surface area contributed by atoms with Gasteiger partial charge in [-0.15, -0.1) is 0 Å². The van der Waals surface area contributed by atoms with Crippen molar-refractivity contribution in [3.63, 3.8) is 0 Å². The normalized spacial score (nSPS) is 24.0. The minimum absolute atomic E-state index is 0.977. The van der Waals surface area contributed by atoms with Crippen LogP contribution in [0.5, 0.6) is 0 Å². The van der Waals surface area contributed by atoms with E-state index in [0.717, 1.165) is 6.54 Å². The van der Waals surface area contributed by atoms with Gasteiger partial charge in [-0.1, -0.05) is 11.9 Å². The van der Waals surface area contributed by atoms with Crippen LogP contribution in [0.25, 0.3) is 0 Å². The molecule has 2 nitrogen and oxygen atoms in total. The summed E-state index contributed by atoms with van der Waals surface area (Å²) in [5, 5.41) is 0. The first-order valence-electron chi connectivity index (χ1n) is 1.45. The molecule has 5 heavy (non-hydrogen) atoms. The molecule has 0 aromatic heterocycles. The zero-order valence-electron chi connectivity index (χ0n) is 2.69. The fourth-order valence-electron chi connectivity index (χ4n) is 0.208. The summed E-state index contributed by atoms with van der Waals surface area (Å²) < 4.78 is 0. The third-order valence-electron chi connectivity index (χ3n) is 0.400. The van der Waals surface area contributed by atoms with Crippen molar-refractivity contribution in [3.8, 4) is 0 Å². The molecule has 0 aromatic rings. The van der Waals surface area contributed by atoms with Crippen molar-refractivity contribution < 1.29 is 0 Å². The molecule has 0 atom stereocenters. The number of hydrazine groups is 1. The zero-order chi connectivity index (χ0) is 3.54. The summed E-state index contributed by atoms with van der Waals surface area (Å²) in [5.41, 5.74) is 2.88. The molecule has 1 aliphatic heterocycles. The summed E-state index contributed by atoms with van der Waals surface area (Å²) >= 11 is 1.59. The molecule has 0 unspecified atom stereocenters. The highest BCUT2D eigenvalue weighted by atomic mass is 32.2. The van der Waals surface area contributed by atoms with Crippen LogP contribution in [-0.2, 0) is 0 Å². The van der Waals surface area contributed by atoms with E-state index in [9.17, 15) is 0 Å². The minimum Gasteiger partial charge on any atom is -0.247 e. The van der Waals surface area contributed by atoms with E-state index in [1.807, 2.05) is 0 Å². The lowest BCUT2D eigenvalue weighted by molar-refractivity contribution is 0.780. The van der Waals surface area contributed by atoms with Crippen molar-refractivity contribution in [2.24, 2.45) is 0 Å². The second-order valence-corrected chi connectivity index (χ2v) is 1.54. The quantitative estimate of drug-likeness (QED) is 0.405. The van der Waals surface area contributed by atoms with Crippen molar-refractivity contribution in [2.45, 2.75) is 0 Å². The van der Waals surface area contributed by atoms with Gasteiger partial charge < -0.3 is 0 Å². The van der Waals surface area contributed by atoms with E-state index < -0.39 is 0 Å². The number of rotatable bonds is 0. The Morgan fingerprint density at radius 2 is 2.80 bits per heavy atom. The van der Waals surface area contributed by atoms with Crippen LogP contribution >= 0.6 is 11.9 Å². The van der Waals surface area contributed by atoms with E-state index in [4.69, 9.17) is 0 Å². The monoisotopic (exact) mass is 89.0 g/mol. The van der Waals surface area contributed by atoms with Crippen LogP contribution in [0.15, 0.2) is 0 Å². The van der Waals surface area contributed by atoms with Gasteiger partial charge in [0.05, 0.1) is 0 Å². The highest BCUT2D eigenvalue weighted by Gasteiger charge is 1.92.